The molecule has 93 valence electrons. The number of aliphatic imine (C=N–C) groups is 1. The van der Waals surface area contributed by atoms with Crippen LogP contribution < -0.4 is 0 Å². The zero-order chi connectivity index (χ0) is 12.7. The Balaban J connectivity index is 0.00000133. The van der Waals surface area contributed by atoms with Gasteiger partial charge in [0.1, 0.15) is 0 Å². The fraction of sp³-hybridized carbons (Fsp3) is 0.214. The van der Waals surface area contributed by atoms with Crippen molar-refractivity contribution in [3.63, 3.8) is 0 Å². The Bertz CT molecular complexity index is 665. The van der Waals surface area contributed by atoms with Gasteiger partial charge in [-0.15, -0.1) is 0 Å². The maximum absolute atomic E-state index is 4.52. The number of benzene rings is 1. The van der Waals surface area contributed by atoms with Crippen LogP contribution >= 0.6 is 0 Å². The molecule has 19 heavy (non-hydrogen) atoms. The summed E-state index contributed by atoms with van der Waals surface area (Å²) in [7, 11) is 0. The van der Waals surface area contributed by atoms with E-state index in [4.69, 9.17) is 0 Å². The van der Waals surface area contributed by atoms with Crippen molar-refractivity contribution in [2.75, 3.05) is 0 Å². The van der Waals surface area contributed by atoms with Crippen LogP contribution in [-0.2, 0) is 32.7 Å². The van der Waals surface area contributed by atoms with Gasteiger partial charge in [-0.25, -0.2) is 0 Å². The minimum atomic E-state index is 0. The molecular weight excluding hydrogens is 313 g/mol. The fourth-order valence-electron chi connectivity index (χ4n) is 1.85. The van der Waals surface area contributed by atoms with Crippen LogP contribution in [0.4, 0.5) is 5.69 Å². The van der Waals surface area contributed by atoms with Crippen molar-refractivity contribution < 1.29 is 32.7 Å². The van der Waals surface area contributed by atoms with Gasteiger partial charge in [-0.3, -0.25) is 10.1 Å². The molecule has 0 bridgehead atoms. The first kappa shape index (κ1) is 14.3. The summed E-state index contributed by atoms with van der Waals surface area (Å²) in [6, 6.07) is 8.04. The first-order valence-electron chi connectivity index (χ1n) is 5.84. The average molecular weight is 326 g/mol. The second kappa shape index (κ2) is 5.47. The average Bonchev–Trinajstić information content (AvgIpc) is 2.86. The van der Waals surface area contributed by atoms with Crippen molar-refractivity contribution in [2.45, 2.75) is 20.8 Å². The number of imidazole rings is 1. The summed E-state index contributed by atoms with van der Waals surface area (Å²) < 4.78 is 1.78. The summed E-state index contributed by atoms with van der Waals surface area (Å²) in [6.45, 7) is 6.02. The van der Waals surface area contributed by atoms with Gasteiger partial charge in [-0.05, 0) is 38.6 Å². The maximum atomic E-state index is 4.52. The molecule has 2 heterocycles. The summed E-state index contributed by atoms with van der Waals surface area (Å²) in [6.07, 6.45) is 2.91. The van der Waals surface area contributed by atoms with Gasteiger partial charge in [0.05, 0.1) is 5.69 Å². The summed E-state index contributed by atoms with van der Waals surface area (Å²) in [5.74, 6) is 0.769. The van der Waals surface area contributed by atoms with Crippen molar-refractivity contribution in [3.8, 4) is 0 Å². The summed E-state index contributed by atoms with van der Waals surface area (Å²) >= 11 is 0. The molecule has 0 spiro atoms. The third-order valence-electron chi connectivity index (χ3n) is 3.06. The molecule has 4 nitrogen and oxygen atoms in total. The van der Waals surface area contributed by atoms with Gasteiger partial charge in [0, 0.05) is 49.9 Å². The van der Waals surface area contributed by atoms with Crippen molar-refractivity contribution >= 4 is 17.6 Å². The number of rotatable bonds is 1. The first-order chi connectivity index (χ1) is 8.65. The monoisotopic (exact) mass is 326 g/mol. The molecule has 0 unspecified atom stereocenters. The molecule has 0 aliphatic carbocycles. The Labute approximate surface area is 137 Å². The normalized spacial score (nSPS) is 14.6. The van der Waals surface area contributed by atoms with Crippen LogP contribution in [0, 0.1) is 20.8 Å². The summed E-state index contributed by atoms with van der Waals surface area (Å²) in [5.41, 5.74) is 4.81. The van der Waals surface area contributed by atoms with Crippen molar-refractivity contribution in [1.29, 1.82) is 0 Å². The van der Waals surface area contributed by atoms with Crippen LogP contribution in [0.5, 0.6) is 0 Å². The third-order valence-corrected chi connectivity index (χ3v) is 3.06. The number of nitrogens with zero attached hydrogens (tertiary/aromatic N) is 4. The first-order valence-corrected chi connectivity index (χ1v) is 5.84. The topological polar surface area (TPSA) is 42.5 Å². The van der Waals surface area contributed by atoms with E-state index >= 15 is 0 Å². The standard InChI is InChI=1S/C14H13N4.Y/c1-9-4-6-12(7-5-9)17-13-8-15-18-11(3)10(2)16-14(13)18;/h4-7H,1-3H3;/q-1;. The van der Waals surface area contributed by atoms with Gasteiger partial charge >= 0.3 is 0 Å². The number of hydrogen-bond donors (Lipinski definition) is 0. The summed E-state index contributed by atoms with van der Waals surface area (Å²) in [4.78, 5) is 8.99. The largest absolute Gasteiger partial charge is 0.325 e. The predicted octanol–water partition coefficient (Wildman–Crippen LogP) is 2.65. The minimum Gasteiger partial charge on any atom is -0.325 e. The Hall–Kier alpha value is -1.13. The number of aromatic nitrogens is 2. The zero-order valence-corrected chi connectivity index (χ0v) is 14.0. The van der Waals surface area contributed by atoms with E-state index in [2.05, 4.69) is 28.2 Å². The molecule has 0 N–H and O–H groups in total. The third kappa shape index (κ3) is 2.60. The number of aryl methyl sites for hydroxylation is 2. The Morgan fingerprint density at radius 1 is 1.11 bits per heavy atom. The Morgan fingerprint density at radius 3 is 2.47 bits per heavy atom. The van der Waals surface area contributed by atoms with Crippen LogP contribution in [0.1, 0.15) is 22.8 Å². The zero-order valence-electron chi connectivity index (χ0n) is 11.2. The van der Waals surface area contributed by atoms with Crippen LogP contribution in [-0.4, -0.2) is 21.6 Å². The molecule has 1 aliphatic rings. The summed E-state index contributed by atoms with van der Waals surface area (Å²) in [5, 5.41) is 4.19. The van der Waals surface area contributed by atoms with Crippen molar-refractivity contribution in [3.05, 3.63) is 47.0 Å². The maximum Gasteiger partial charge on any atom is 0.0601 e. The van der Waals surface area contributed by atoms with E-state index in [-0.39, 0.29) is 32.7 Å². The van der Waals surface area contributed by atoms with Crippen LogP contribution in [0.15, 0.2) is 34.4 Å². The molecule has 0 saturated carbocycles. The van der Waals surface area contributed by atoms with Crippen LogP contribution in [0.2, 0.25) is 0 Å². The van der Waals surface area contributed by atoms with E-state index in [1.807, 2.05) is 38.1 Å². The number of hydrogen-bond acceptors (Lipinski definition) is 3. The van der Waals surface area contributed by atoms with Gasteiger partial charge in [0.25, 0.3) is 0 Å². The van der Waals surface area contributed by atoms with Crippen molar-refractivity contribution in [1.82, 2.24) is 9.66 Å². The fourth-order valence-corrected chi connectivity index (χ4v) is 1.85. The molecular formula is C14H13N4Y-. The number of fused-ring (bicyclic) bond motifs is 1. The van der Waals surface area contributed by atoms with E-state index < -0.39 is 0 Å². The quantitative estimate of drug-likeness (QED) is 0.743. The molecule has 0 saturated heterocycles. The molecule has 3 rings (SSSR count). The minimum absolute atomic E-state index is 0. The van der Waals surface area contributed by atoms with Gasteiger partial charge in [0.2, 0.25) is 0 Å². The predicted molar refractivity (Wildman–Crippen MR) is 71.9 cm³/mol. The van der Waals surface area contributed by atoms with Gasteiger partial charge < -0.3 is 9.66 Å². The van der Waals surface area contributed by atoms with E-state index in [0.717, 1.165) is 22.9 Å². The van der Waals surface area contributed by atoms with Crippen molar-refractivity contribution in [2.24, 2.45) is 10.1 Å². The van der Waals surface area contributed by atoms with Gasteiger partial charge in [0.15, 0.2) is 0 Å². The molecule has 0 atom stereocenters. The second-order valence-corrected chi connectivity index (χ2v) is 4.43. The molecule has 2 aromatic rings. The molecule has 0 fully saturated rings. The van der Waals surface area contributed by atoms with Gasteiger partial charge in [-0.1, -0.05) is 23.9 Å². The molecule has 1 aromatic heterocycles. The Kier molecular flexibility index (Phi) is 4.11. The smallest absolute Gasteiger partial charge is 0.0601 e. The van der Waals surface area contributed by atoms with Crippen LogP contribution in [0.25, 0.3) is 0 Å². The molecule has 1 aromatic carbocycles. The molecule has 1 radical (unpaired) electrons. The van der Waals surface area contributed by atoms with Crippen LogP contribution in [0.3, 0.4) is 0 Å². The van der Waals surface area contributed by atoms with E-state index in [1.54, 1.807) is 4.68 Å². The van der Waals surface area contributed by atoms with E-state index in [9.17, 15) is 0 Å². The second-order valence-electron chi connectivity index (χ2n) is 4.43. The van der Waals surface area contributed by atoms with Gasteiger partial charge in [-0.2, -0.15) is 0 Å². The molecule has 0 amide bonds. The molecule has 1 aliphatic heterocycles. The van der Waals surface area contributed by atoms with E-state index in [1.165, 1.54) is 5.56 Å². The Morgan fingerprint density at radius 2 is 1.79 bits per heavy atom. The van der Waals surface area contributed by atoms with E-state index in [0.29, 0.717) is 5.71 Å². The SMILES string of the molecule is Cc1ccc(N=C2[C-]=Nn3c2nc(C)c3C)cc1.[Y]. The molecule has 5 heteroatoms.